The molecule has 0 saturated carbocycles. The van der Waals surface area contributed by atoms with Crippen LogP contribution in [0.1, 0.15) is 26.2 Å². The van der Waals surface area contributed by atoms with Crippen LogP contribution in [0.25, 0.3) is 0 Å². The molecule has 0 rings (SSSR count). The second-order valence-electron chi connectivity index (χ2n) is 6.78. The van der Waals surface area contributed by atoms with Gasteiger partial charge in [0.25, 0.3) is 0 Å². The Morgan fingerprint density at radius 1 is 0.457 bits per heavy atom. The largest absolute Gasteiger partial charge is 0.394 e. The van der Waals surface area contributed by atoms with E-state index in [-0.39, 0.29) is 6.61 Å². The Hall–Kier alpha value is -0.490. The van der Waals surface area contributed by atoms with Crippen LogP contribution in [-0.4, -0.2) is 135 Å². The first-order valence-electron chi connectivity index (χ1n) is 11.8. The molecule has 0 unspecified atom stereocenters. The van der Waals surface area contributed by atoms with Crippen molar-refractivity contribution in [2.24, 2.45) is 0 Å². The summed E-state index contributed by atoms with van der Waals surface area (Å²) in [4.78, 5) is 0. The molecule has 0 saturated heterocycles. The molecule has 14 heteroatoms. The quantitative estimate of drug-likeness (QED) is 0.0985. The van der Waals surface area contributed by atoms with Crippen molar-refractivity contribution in [2.45, 2.75) is 26.2 Å². The van der Waals surface area contributed by atoms with Crippen molar-refractivity contribution in [2.75, 3.05) is 112 Å². The predicted octanol–water partition coefficient (Wildman–Crippen LogP) is 0.649. The topological polar surface area (TPSA) is 169 Å². The van der Waals surface area contributed by atoms with Gasteiger partial charge in [-0.05, 0) is 6.42 Å². The van der Waals surface area contributed by atoms with Gasteiger partial charge in [-0.2, -0.15) is 8.42 Å². The molecule has 3 N–H and O–H groups in total. The molecule has 0 aliphatic heterocycles. The van der Waals surface area contributed by atoms with E-state index >= 15 is 0 Å². The van der Waals surface area contributed by atoms with Crippen LogP contribution < -0.4 is 0 Å². The second-order valence-corrected chi connectivity index (χ2v) is 7.67. The summed E-state index contributed by atoms with van der Waals surface area (Å²) in [6, 6.07) is 0. The lowest BCUT2D eigenvalue weighted by molar-refractivity contribution is -0.0238. The zero-order valence-corrected chi connectivity index (χ0v) is 21.8. The highest BCUT2D eigenvalue weighted by atomic mass is 32.3. The van der Waals surface area contributed by atoms with Crippen LogP contribution in [0.2, 0.25) is 0 Å². The summed E-state index contributed by atoms with van der Waals surface area (Å²) in [5, 5.41) is 8.54. The molecule has 0 aliphatic rings. The summed E-state index contributed by atoms with van der Waals surface area (Å²) in [5.41, 5.74) is 0. The first-order chi connectivity index (χ1) is 16.9. The third kappa shape index (κ3) is 47.3. The fourth-order valence-corrected chi connectivity index (χ4v) is 2.16. The molecule has 0 aromatic heterocycles. The van der Waals surface area contributed by atoms with Gasteiger partial charge in [0.15, 0.2) is 0 Å². The molecule has 0 spiro atoms. The standard InChI is InChI=1S/C21H44O9.H2O4S/c1-2-3-4-6-23-8-10-25-12-14-27-16-18-29-20-21-30-19-17-28-15-13-26-11-9-24-7-5-22;1-5(2,3)4/h22H,2-21H2,1H3;(H2,1,2,3,4). The van der Waals surface area contributed by atoms with Crippen LogP contribution in [0, 0.1) is 0 Å². The Morgan fingerprint density at radius 3 is 0.914 bits per heavy atom. The normalized spacial score (nSPS) is 11.4. The van der Waals surface area contributed by atoms with Crippen LogP contribution in [0.15, 0.2) is 0 Å². The van der Waals surface area contributed by atoms with Crippen molar-refractivity contribution in [3.8, 4) is 0 Å². The monoisotopic (exact) mass is 538 g/mol. The lowest BCUT2D eigenvalue weighted by atomic mass is 10.3. The van der Waals surface area contributed by atoms with E-state index in [1.807, 2.05) is 0 Å². The lowest BCUT2D eigenvalue weighted by Crippen LogP contribution is -2.15. The van der Waals surface area contributed by atoms with E-state index in [0.29, 0.717) is 99.1 Å². The van der Waals surface area contributed by atoms with Crippen molar-refractivity contribution in [1.82, 2.24) is 0 Å². The molecule has 0 fully saturated rings. The van der Waals surface area contributed by atoms with E-state index in [0.717, 1.165) is 13.0 Å². The van der Waals surface area contributed by atoms with Crippen molar-refractivity contribution < 1.29 is 60.5 Å². The second kappa shape index (κ2) is 31.5. The third-order valence-electron chi connectivity index (χ3n) is 3.73. The molecule has 214 valence electrons. The summed E-state index contributed by atoms with van der Waals surface area (Å²) in [7, 11) is -4.67. The van der Waals surface area contributed by atoms with E-state index < -0.39 is 10.4 Å². The minimum atomic E-state index is -4.67. The number of aliphatic hydroxyl groups excluding tert-OH is 1. The molecule has 0 radical (unpaired) electrons. The van der Waals surface area contributed by atoms with E-state index in [2.05, 4.69) is 6.92 Å². The minimum absolute atomic E-state index is 0.0350. The van der Waals surface area contributed by atoms with Crippen molar-refractivity contribution in [3.63, 3.8) is 0 Å². The first-order valence-corrected chi connectivity index (χ1v) is 13.2. The van der Waals surface area contributed by atoms with Gasteiger partial charge < -0.3 is 43.0 Å². The number of aliphatic hydroxyl groups is 1. The zero-order valence-electron chi connectivity index (χ0n) is 21.0. The van der Waals surface area contributed by atoms with Crippen LogP contribution in [-0.2, 0) is 48.3 Å². The number of hydrogen-bond acceptors (Lipinski definition) is 11. The van der Waals surface area contributed by atoms with Crippen molar-refractivity contribution >= 4 is 10.4 Å². The van der Waals surface area contributed by atoms with E-state index in [9.17, 15) is 0 Å². The molecular formula is C21H46O13S. The highest BCUT2D eigenvalue weighted by Crippen LogP contribution is 1.93. The molecule has 0 bridgehead atoms. The van der Waals surface area contributed by atoms with Gasteiger partial charge in [0.2, 0.25) is 0 Å². The van der Waals surface area contributed by atoms with Crippen LogP contribution >= 0.6 is 0 Å². The van der Waals surface area contributed by atoms with Crippen LogP contribution in [0.3, 0.4) is 0 Å². The molecule has 13 nitrogen and oxygen atoms in total. The van der Waals surface area contributed by atoms with Gasteiger partial charge >= 0.3 is 10.4 Å². The highest BCUT2D eigenvalue weighted by molar-refractivity contribution is 7.79. The number of unbranched alkanes of at least 4 members (excludes halogenated alkanes) is 2. The van der Waals surface area contributed by atoms with E-state index in [4.69, 9.17) is 60.5 Å². The maximum atomic E-state index is 8.74. The SMILES string of the molecule is CCCCCOCCOCCOCCOCCOCCOCCOCCOCCO.O=S(=O)(O)O. The molecule has 0 aliphatic carbocycles. The van der Waals surface area contributed by atoms with Gasteiger partial charge in [0.1, 0.15) is 0 Å². The third-order valence-corrected chi connectivity index (χ3v) is 3.73. The maximum Gasteiger partial charge on any atom is 0.394 e. The zero-order chi connectivity index (χ0) is 26.3. The summed E-state index contributed by atoms with van der Waals surface area (Å²) < 4.78 is 74.5. The average Bonchev–Trinajstić information content (AvgIpc) is 2.80. The molecule has 0 atom stereocenters. The molecule has 0 amide bonds. The predicted molar refractivity (Wildman–Crippen MR) is 127 cm³/mol. The van der Waals surface area contributed by atoms with Gasteiger partial charge in [-0.15, -0.1) is 0 Å². The van der Waals surface area contributed by atoms with Gasteiger partial charge in [-0.1, -0.05) is 19.8 Å². The summed E-state index contributed by atoms with van der Waals surface area (Å²) in [6.45, 7) is 11.0. The fraction of sp³-hybridized carbons (Fsp3) is 1.00. The van der Waals surface area contributed by atoms with Crippen molar-refractivity contribution in [1.29, 1.82) is 0 Å². The van der Waals surface area contributed by atoms with Gasteiger partial charge in [0.05, 0.1) is 106 Å². The Morgan fingerprint density at radius 2 is 0.686 bits per heavy atom. The first kappa shape index (κ1) is 36.7. The fourth-order valence-electron chi connectivity index (χ4n) is 2.16. The van der Waals surface area contributed by atoms with Gasteiger partial charge in [0, 0.05) is 6.61 Å². The van der Waals surface area contributed by atoms with Crippen molar-refractivity contribution in [3.05, 3.63) is 0 Å². The molecule has 35 heavy (non-hydrogen) atoms. The van der Waals surface area contributed by atoms with Crippen LogP contribution in [0.4, 0.5) is 0 Å². The Balaban J connectivity index is 0. The number of rotatable bonds is 27. The maximum absolute atomic E-state index is 8.74. The summed E-state index contributed by atoms with van der Waals surface area (Å²) in [5.74, 6) is 0. The molecule has 0 heterocycles. The van der Waals surface area contributed by atoms with Crippen LogP contribution in [0.5, 0.6) is 0 Å². The van der Waals surface area contributed by atoms with Gasteiger partial charge in [-0.3, -0.25) is 9.11 Å². The number of hydrogen-bond donors (Lipinski definition) is 3. The Kier molecular flexibility index (Phi) is 33.0. The highest BCUT2D eigenvalue weighted by Gasteiger charge is 1.95. The molecular weight excluding hydrogens is 492 g/mol. The van der Waals surface area contributed by atoms with Gasteiger partial charge in [-0.25, -0.2) is 0 Å². The number of ether oxygens (including phenoxy) is 8. The molecule has 0 aromatic rings. The lowest BCUT2D eigenvalue weighted by Gasteiger charge is -2.08. The Bertz CT molecular complexity index is 444. The molecule has 0 aromatic carbocycles. The Labute approximate surface area is 209 Å². The van der Waals surface area contributed by atoms with E-state index in [1.165, 1.54) is 12.8 Å². The smallest absolute Gasteiger partial charge is 0.394 e. The minimum Gasteiger partial charge on any atom is -0.394 e. The summed E-state index contributed by atoms with van der Waals surface area (Å²) >= 11 is 0. The average molecular weight is 539 g/mol. The summed E-state index contributed by atoms with van der Waals surface area (Å²) in [6.07, 6.45) is 3.56. The van der Waals surface area contributed by atoms with E-state index in [1.54, 1.807) is 0 Å².